The van der Waals surface area contributed by atoms with Gasteiger partial charge in [0.25, 0.3) is 5.69 Å². The highest BCUT2D eigenvalue weighted by Gasteiger charge is 2.36. The fourth-order valence-corrected chi connectivity index (χ4v) is 2.01. The van der Waals surface area contributed by atoms with E-state index in [2.05, 4.69) is 0 Å². The quantitative estimate of drug-likeness (QED) is 0.482. The zero-order chi connectivity index (χ0) is 14.9. The Kier molecular flexibility index (Phi) is 3.89. The van der Waals surface area contributed by atoms with Crippen molar-refractivity contribution in [3.8, 4) is 0 Å². The van der Waals surface area contributed by atoms with Gasteiger partial charge in [0.15, 0.2) is 0 Å². The lowest BCUT2D eigenvalue weighted by molar-refractivity contribution is -0.385. The second-order valence-corrected chi connectivity index (χ2v) is 4.73. The molecule has 1 fully saturated rings. The van der Waals surface area contributed by atoms with E-state index in [4.69, 9.17) is 21.1 Å². The van der Waals surface area contributed by atoms with Crippen LogP contribution in [0.4, 0.5) is 5.69 Å². The van der Waals surface area contributed by atoms with Crippen molar-refractivity contribution < 1.29 is 24.0 Å². The molecule has 0 saturated carbocycles. The molecule has 0 N–H and O–H groups in total. The van der Waals surface area contributed by atoms with Gasteiger partial charge in [-0.15, -0.1) is 0 Å². The molecule has 0 amide bonds. The van der Waals surface area contributed by atoms with Crippen LogP contribution in [-0.2, 0) is 14.3 Å². The SMILES string of the molecule is C[C@H]1C[C@@H](OC(=O)c2cc(Cl)ccc2[N+](=O)[O-])C(=O)O1. The highest BCUT2D eigenvalue weighted by Crippen LogP contribution is 2.25. The summed E-state index contributed by atoms with van der Waals surface area (Å²) in [5, 5.41) is 11.0. The Morgan fingerprint density at radius 1 is 1.55 bits per heavy atom. The van der Waals surface area contributed by atoms with E-state index in [-0.39, 0.29) is 23.1 Å². The van der Waals surface area contributed by atoms with Crippen molar-refractivity contribution in [2.45, 2.75) is 25.6 Å². The summed E-state index contributed by atoms with van der Waals surface area (Å²) in [5.74, 6) is -1.63. The van der Waals surface area contributed by atoms with Gasteiger partial charge < -0.3 is 9.47 Å². The lowest BCUT2D eigenvalue weighted by Gasteiger charge is -2.08. The molecule has 2 rings (SSSR count). The average Bonchev–Trinajstić information content (AvgIpc) is 2.67. The van der Waals surface area contributed by atoms with Crippen molar-refractivity contribution in [1.82, 2.24) is 0 Å². The maximum atomic E-state index is 11.9. The number of nitro benzene ring substituents is 1. The Balaban J connectivity index is 2.23. The molecule has 1 saturated heterocycles. The molecule has 0 radical (unpaired) electrons. The number of nitrogens with zero attached hydrogens (tertiary/aromatic N) is 1. The van der Waals surface area contributed by atoms with Crippen LogP contribution in [0.5, 0.6) is 0 Å². The topological polar surface area (TPSA) is 95.7 Å². The van der Waals surface area contributed by atoms with Crippen LogP contribution in [0.15, 0.2) is 18.2 Å². The first-order chi connectivity index (χ1) is 9.38. The van der Waals surface area contributed by atoms with Crippen molar-refractivity contribution in [1.29, 1.82) is 0 Å². The summed E-state index contributed by atoms with van der Waals surface area (Å²) in [6.07, 6.45) is -1.18. The number of carbonyl (C=O) groups is 2. The smallest absolute Gasteiger partial charge is 0.347 e. The number of halogens is 1. The van der Waals surface area contributed by atoms with Crippen molar-refractivity contribution in [2.24, 2.45) is 0 Å². The molecule has 1 aliphatic heterocycles. The summed E-state index contributed by atoms with van der Waals surface area (Å²) in [5.41, 5.74) is -0.728. The lowest BCUT2D eigenvalue weighted by Crippen LogP contribution is -2.23. The van der Waals surface area contributed by atoms with Crippen LogP contribution in [0.25, 0.3) is 0 Å². The average molecular weight is 300 g/mol. The van der Waals surface area contributed by atoms with E-state index in [0.717, 1.165) is 12.1 Å². The number of ether oxygens (including phenoxy) is 2. The Morgan fingerprint density at radius 2 is 2.25 bits per heavy atom. The molecule has 1 heterocycles. The number of carbonyl (C=O) groups excluding carboxylic acids is 2. The van der Waals surface area contributed by atoms with Gasteiger partial charge in [-0.1, -0.05) is 11.6 Å². The molecule has 106 valence electrons. The van der Waals surface area contributed by atoms with Crippen molar-refractivity contribution in [3.05, 3.63) is 38.9 Å². The van der Waals surface area contributed by atoms with Gasteiger partial charge in [0.1, 0.15) is 11.7 Å². The molecule has 8 heteroatoms. The van der Waals surface area contributed by atoms with Gasteiger partial charge in [0, 0.05) is 17.5 Å². The first-order valence-electron chi connectivity index (χ1n) is 5.74. The van der Waals surface area contributed by atoms with Crippen LogP contribution >= 0.6 is 11.6 Å². The molecule has 20 heavy (non-hydrogen) atoms. The number of hydrogen-bond acceptors (Lipinski definition) is 6. The van der Waals surface area contributed by atoms with E-state index in [1.54, 1.807) is 6.92 Å². The zero-order valence-corrected chi connectivity index (χ0v) is 11.1. The molecule has 2 atom stereocenters. The summed E-state index contributed by atoms with van der Waals surface area (Å²) in [4.78, 5) is 33.4. The number of hydrogen-bond donors (Lipinski definition) is 0. The molecule has 1 aromatic carbocycles. The molecule has 0 unspecified atom stereocenters. The van der Waals surface area contributed by atoms with Crippen molar-refractivity contribution >= 4 is 29.2 Å². The summed E-state index contributed by atoms with van der Waals surface area (Å²) in [6.45, 7) is 1.66. The van der Waals surface area contributed by atoms with E-state index < -0.39 is 28.7 Å². The predicted octanol–water partition coefficient (Wildman–Crippen LogP) is 2.11. The number of esters is 2. The van der Waals surface area contributed by atoms with E-state index in [9.17, 15) is 19.7 Å². The fourth-order valence-electron chi connectivity index (χ4n) is 1.84. The maximum absolute atomic E-state index is 11.9. The molecular weight excluding hydrogens is 290 g/mol. The second-order valence-electron chi connectivity index (χ2n) is 4.30. The number of cyclic esters (lactones) is 1. The van der Waals surface area contributed by atoms with E-state index in [1.165, 1.54) is 6.07 Å². The van der Waals surface area contributed by atoms with Crippen molar-refractivity contribution in [2.75, 3.05) is 0 Å². The molecule has 0 bridgehead atoms. The molecule has 0 spiro atoms. The Hall–Kier alpha value is -2.15. The highest BCUT2D eigenvalue weighted by atomic mass is 35.5. The third-order valence-electron chi connectivity index (χ3n) is 2.75. The molecule has 0 aromatic heterocycles. The number of nitro groups is 1. The Labute approximate surface area is 118 Å². The number of benzene rings is 1. The standard InChI is InChI=1S/C12H10ClNO6/c1-6-4-10(12(16)19-6)20-11(15)8-5-7(13)2-3-9(8)14(17)18/h2-3,5-6,10H,4H2,1H3/t6-,10+/m0/s1. The summed E-state index contributed by atoms with van der Waals surface area (Å²) in [7, 11) is 0. The monoisotopic (exact) mass is 299 g/mol. The van der Waals surface area contributed by atoms with Crippen LogP contribution in [0.1, 0.15) is 23.7 Å². The third-order valence-corrected chi connectivity index (χ3v) is 2.99. The van der Waals surface area contributed by atoms with Crippen LogP contribution in [-0.4, -0.2) is 29.1 Å². The first kappa shape index (κ1) is 14.3. The van der Waals surface area contributed by atoms with Gasteiger partial charge in [0.05, 0.1) is 4.92 Å². The van der Waals surface area contributed by atoms with E-state index in [1.807, 2.05) is 0 Å². The summed E-state index contributed by atoms with van der Waals surface area (Å²) in [6, 6.07) is 3.53. The van der Waals surface area contributed by atoms with Gasteiger partial charge in [-0.3, -0.25) is 10.1 Å². The summed E-state index contributed by atoms with van der Waals surface area (Å²) < 4.78 is 9.79. The van der Waals surface area contributed by atoms with Crippen LogP contribution in [0.2, 0.25) is 5.02 Å². The van der Waals surface area contributed by atoms with Gasteiger partial charge in [-0.05, 0) is 19.1 Å². The van der Waals surface area contributed by atoms with Gasteiger partial charge >= 0.3 is 11.9 Å². The van der Waals surface area contributed by atoms with Gasteiger partial charge in [-0.25, -0.2) is 9.59 Å². The van der Waals surface area contributed by atoms with Gasteiger partial charge in [0.2, 0.25) is 6.10 Å². The van der Waals surface area contributed by atoms with E-state index in [0.29, 0.717) is 0 Å². The minimum atomic E-state index is -1.05. The predicted molar refractivity (Wildman–Crippen MR) is 67.5 cm³/mol. The Bertz CT molecular complexity index is 587. The fraction of sp³-hybridized carbons (Fsp3) is 0.333. The minimum absolute atomic E-state index is 0.157. The summed E-state index contributed by atoms with van der Waals surface area (Å²) >= 11 is 5.71. The molecule has 1 aliphatic rings. The lowest BCUT2D eigenvalue weighted by atomic mass is 10.1. The first-order valence-corrected chi connectivity index (χ1v) is 6.11. The van der Waals surface area contributed by atoms with Crippen LogP contribution in [0.3, 0.4) is 0 Å². The van der Waals surface area contributed by atoms with Crippen molar-refractivity contribution in [3.63, 3.8) is 0 Å². The largest absolute Gasteiger partial charge is 0.460 e. The third kappa shape index (κ3) is 2.88. The van der Waals surface area contributed by atoms with E-state index >= 15 is 0 Å². The highest BCUT2D eigenvalue weighted by molar-refractivity contribution is 6.31. The molecule has 7 nitrogen and oxygen atoms in total. The van der Waals surface area contributed by atoms with Crippen LogP contribution < -0.4 is 0 Å². The van der Waals surface area contributed by atoms with Crippen LogP contribution in [0, 0.1) is 10.1 Å². The molecular formula is C12H10ClNO6. The maximum Gasteiger partial charge on any atom is 0.347 e. The van der Waals surface area contributed by atoms with Gasteiger partial charge in [-0.2, -0.15) is 0 Å². The molecule has 0 aliphatic carbocycles. The normalized spacial score (nSPS) is 21.4. The minimum Gasteiger partial charge on any atom is -0.460 e. The number of rotatable bonds is 3. The molecule has 1 aromatic rings. The zero-order valence-electron chi connectivity index (χ0n) is 10.4. The Morgan fingerprint density at radius 3 is 2.80 bits per heavy atom. The second kappa shape index (κ2) is 5.46.